The lowest BCUT2D eigenvalue weighted by Crippen LogP contribution is -2.54. The molecule has 0 saturated heterocycles. The number of carbonyl (C=O) groups is 3. The molecule has 0 aliphatic rings. The van der Waals surface area contributed by atoms with E-state index in [0.717, 1.165) is 9.80 Å². The molecule has 0 aromatic heterocycles. The quantitative estimate of drug-likeness (QED) is 0.744. The lowest BCUT2D eigenvalue weighted by atomic mass is 10.0. The minimum atomic E-state index is -1.21. The maximum absolute atomic E-state index is 12.5. The molecule has 2 amide bonds. The number of aliphatic hydroxyl groups excluding tert-OH is 1. The highest BCUT2D eigenvalue weighted by Crippen LogP contribution is 2.15. The number of rotatable bonds is 6. The fourth-order valence-electron chi connectivity index (χ4n) is 1.98. The highest BCUT2D eigenvalue weighted by molar-refractivity contribution is 5.89. The number of carbonyl (C=O) groups excluding carboxylic acids is 2. The number of carboxylic acids is 1. The monoisotopic (exact) mass is 332 g/mol. The van der Waals surface area contributed by atoms with Crippen molar-refractivity contribution in [2.24, 2.45) is 5.92 Å². The van der Waals surface area contributed by atoms with E-state index < -0.39 is 41.6 Å². The van der Waals surface area contributed by atoms with E-state index in [1.165, 1.54) is 27.9 Å². The first-order chi connectivity index (χ1) is 10.3. The molecule has 8 nitrogen and oxygen atoms in total. The zero-order valence-corrected chi connectivity index (χ0v) is 14.9. The van der Waals surface area contributed by atoms with Crippen LogP contribution in [-0.4, -0.2) is 76.4 Å². The van der Waals surface area contributed by atoms with E-state index in [0.29, 0.717) is 0 Å². The summed E-state index contributed by atoms with van der Waals surface area (Å²) in [5.41, 5.74) is -0.699. The van der Waals surface area contributed by atoms with Gasteiger partial charge in [0.15, 0.2) is 0 Å². The van der Waals surface area contributed by atoms with Gasteiger partial charge in [-0.15, -0.1) is 0 Å². The number of amides is 2. The van der Waals surface area contributed by atoms with Crippen molar-refractivity contribution in [3.8, 4) is 0 Å². The van der Waals surface area contributed by atoms with Crippen LogP contribution in [0, 0.1) is 5.92 Å². The molecule has 0 bridgehead atoms. The van der Waals surface area contributed by atoms with Gasteiger partial charge in [0, 0.05) is 26.6 Å². The summed E-state index contributed by atoms with van der Waals surface area (Å²) in [6, 6.07) is -2.08. The Balaban J connectivity index is 5.12. The van der Waals surface area contributed by atoms with E-state index in [-0.39, 0.29) is 6.61 Å². The maximum atomic E-state index is 12.5. The Morgan fingerprint density at radius 1 is 1.09 bits per heavy atom. The van der Waals surface area contributed by atoms with Crippen LogP contribution in [0.2, 0.25) is 0 Å². The van der Waals surface area contributed by atoms with Crippen molar-refractivity contribution >= 4 is 18.0 Å². The van der Waals surface area contributed by atoms with Crippen LogP contribution in [0.5, 0.6) is 0 Å². The van der Waals surface area contributed by atoms with Crippen LogP contribution in [0.15, 0.2) is 0 Å². The zero-order chi connectivity index (χ0) is 18.5. The summed E-state index contributed by atoms with van der Waals surface area (Å²) in [7, 11) is 2.75. The second kappa shape index (κ2) is 8.14. The Hall–Kier alpha value is -1.83. The summed E-state index contributed by atoms with van der Waals surface area (Å²) in [5, 5.41) is 18.4. The summed E-state index contributed by atoms with van der Waals surface area (Å²) < 4.78 is 5.19. The van der Waals surface area contributed by atoms with Crippen LogP contribution in [0.25, 0.3) is 0 Å². The Morgan fingerprint density at radius 2 is 1.57 bits per heavy atom. The summed E-state index contributed by atoms with van der Waals surface area (Å²) in [5.74, 6) is -2.40. The van der Waals surface area contributed by atoms with Crippen molar-refractivity contribution in [2.75, 3.05) is 20.7 Å². The highest BCUT2D eigenvalue weighted by Gasteiger charge is 2.36. The minimum Gasteiger partial charge on any atom is -0.480 e. The van der Waals surface area contributed by atoms with Crippen molar-refractivity contribution in [1.29, 1.82) is 0 Å². The van der Waals surface area contributed by atoms with Gasteiger partial charge < -0.3 is 19.8 Å². The van der Waals surface area contributed by atoms with Gasteiger partial charge in [0.25, 0.3) is 0 Å². The van der Waals surface area contributed by atoms with E-state index >= 15 is 0 Å². The van der Waals surface area contributed by atoms with Gasteiger partial charge in [0.1, 0.15) is 17.7 Å². The lowest BCUT2D eigenvalue weighted by Gasteiger charge is -2.34. The molecular formula is C15H28N2O6. The molecule has 0 fully saturated rings. The number of hydrogen-bond acceptors (Lipinski definition) is 5. The minimum absolute atomic E-state index is 0.370. The van der Waals surface area contributed by atoms with Gasteiger partial charge in [-0.1, -0.05) is 6.92 Å². The van der Waals surface area contributed by atoms with Crippen molar-refractivity contribution in [3.63, 3.8) is 0 Å². The molecule has 0 heterocycles. The van der Waals surface area contributed by atoms with Crippen LogP contribution >= 0.6 is 0 Å². The predicted molar refractivity (Wildman–Crippen MR) is 83.9 cm³/mol. The number of carboxylic acid groups (broad SMARTS) is 1. The average Bonchev–Trinajstić information content (AvgIpc) is 2.42. The summed E-state index contributed by atoms with van der Waals surface area (Å²) >= 11 is 0. The fraction of sp³-hybridized carbons (Fsp3) is 0.800. The van der Waals surface area contributed by atoms with Crippen LogP contribution in [0.3, 0.4) is 0 Å². The fourth-order valence-corrected chi connectivity index (χ4v) is 1.98. The van der Waals surface area contributed by atoms with Gasteiger partial charge >= 0.3 is 12.1 Å². The Bertz CT molecular complexity index is 446. The Kier molecular flexibility index (Phi) is 7.50. The first-order valence-electron chi connectivity index (χ1n) is 7.39. The topological polar surface area (TPSA) is 107 Å². The predicted octanol–water partition coefficient (Wildman–Crippen LogP) is 0.782. The van der Waals surface area contributed by atoms with Crippen LogP contribution in [0.4, 0.5) is 4.79 Å². The smallest absolute Gasteiger partial charge is 0.410 e. The summed E-state index contributed by atoms with van der Waals surface area (Å²) in [6.07, 6.45) is -0.672. The Morgan fingerprint density at radius 3 is 1.91 bits per heavy atom. The largest absolute Gasteiger partial charge is 0.480 e. The first kappa shape index (κ1) is 21.2. The van der Waals surface area contributed by atoms with Gasteiger partial charge in [0.2, 0.25) is 5.91 Å². The van der Waals surface area contributed by atoms with Crippen LogP contribution < -0.4 is 0 Å². The molecule has 8 heteroatoms. The van der Waals surface area contributed by atoms with Gasteiger partial charge in [-0.05, 0) is 27.7 Å². The maximum Gasteiger partial charge on any atom is 0.410 e. The summed E-state index contributed by atoms with van der Waals surface area (Å²) in [6.45, 7) is 7.78. The van der Waals surface area contributed by atoms with Gasteiger partial charge in [-0.3, -0.25) is 9.69 Å². The average molecular weight is 332 g/mol. The van der Waals surface area contributed by atoms with Crippen molar-refractivity contribution < 1.29 is 29.3 Å². The second-order valence-electron chi connectivity index (χ2n) is 6.66. The van der Waals surface area contributed by atoms with Crippen molar-refractivity contribution in [1.82, 2.24) is 9.80 Å². The molecule has 0 aromatic rings. The molecule has 0 aromatic carbocycles. The van der Waals surface area contributed by atoms with E-state index in [9.17, 15) is 19.5 Å². The van der Waals surface area contributed by atoms with E-state index in [1.807, 2.05) is 0 Å². The third-order valence-corrected chi connectivity index (χ3v) is 3.46. The lowest BCUT2D eigenvalue weighted by molar-refractivity contribution is -0.153. The molecule has 0 spiro atoms. The zero-order valence-electron chi connectivity index (χ0n) is 14.9. The van der Waals surface area contributed by atoms with Gasteiger partial charge in [-0.25, -0.2) is 9.59 Å². The SMILES string of the molecule is C[C@H](CO)[C@@H](C(=O)O)N(C)C(=O)[C@@H](C)N(C)C(=O)OC(C)(C)C. The molecular weight excluding hydrogens is 304 g/mol. The molecule has 0 saturated carbocycles. The van der Waals surface area contributed by atoms with Gasteiger partial charge in [-0.2, -0.15) is 0 Å². The molecule has 0 aliphatic carbocycles. The first-order valence-corrected chi connectivity index (χ1v) is 7.39. The van der Waals surface area contributed by atoms with E-state index in [1.54, 1.807) is 20.8 Å². The van der Waals surface area contributed by atoms with Crippen molar-refractivity contribution in [3.05, 3.63) is 0 Å². The molecule has 0 rings (SSSR count). The normalized spacial score (nSPS) is 15.3. The molecule has 3 atom stereocenters. The van der Waals surface area contributed by atoms with E-state index in [4.69, 9.17) is 9.84 Å². The second-order valence-corrected chi connectivity index (χ2v) is 6.66. The number of nitrogens with zero attached hydrogens (tertiary/aromatic N) is 2. The third kappa shape index (κ3) is 6.05. The highest BCUT2D eigenvalue weighted by atomic mass is 16.6. The van der Waals surface area contributed by atoms with E-state index in [2.05, 4.69) is 0 Å². The standard InChI is InChI=1S/C15H28N2O6/c1-9(8-18)11(13(20)21)17(7)12(19)10(2)16(6)14(22)23-15(3,4)5/h9-11,18H,8H2,1-7H3,(H,20,21)/t9-,10-,11+/m1/s1. The number of hydrogen-bond donors (Lipinski definition) is 2. The molecule has 0 unspecified atom stereocenters. The van der Waals surface area contributed by atoms with Gasteiger partial charge in [0.05, 0.1) is 0 Å². The Labute approximate surface area is 137 Å². The van der Waals surface area contributed by atoms with Crippen LogP contribution in [-0.2, 0) is 14.3 Å². The molecule has 23 heavy (non-hydrogen) atoms. The molecule has 2 N–H and O–H groups in total. The number of ether oxygens (including phenoxy) is 1. The molecule has 0 aliphatic heterocycles. The number of likely N-dealkylation sites (N-methyl/N-ethyl adjacent to an activating group) is 2. The summed E-state index contributed by atoms with van der Waals surface area (Å²) in [4.78, 5) is 38.0. The molecule has 0 radical (unpaired) electrons. The van der Waals surface area contributed by atoms with Crippen LogP contribution in [0.1, 0.15) is 34.6 Å². The number of aliphatic carboxylic acids is 1. The van der Waals surface area contributed by atoms with Crippen molar-refractivity contribution in [2.45, 2.75) is 52.3 Å². The molecule has 134 valence electrons. The number of aliphatic hydroxyl groups is 1. The third-order valence-electron chi connectivity index (χ3n) is 3.46.